The summed E-state index contributed by atoms with van der Waals surface area (Å²) in [5, 5.41) is 10.7. The van der Waals surface area contributed by atoms with E-state index in [0.29, 0.717) is 28.7 Å². The Morgan fingerprint density at radius 3 is 2.79 bits per heavy atom. The highest BCUT2D eigenvalue weighted by atomic mass is 19.1. The van der Waals surface area contributed by atoms with Crippen LogP contribution in [0, 0.1) is 12.7 Å². The van der Waals surface area contributed by atoms with E-state index in [1.165, 1.54) is 18.3 Å². The standard InChI is InChI=1S/C23H23FN8O/c1-13(2)32-12-27-30-22(32)18-8-25-9-21(28-18)29-23(33)16-7-20(14(3)6-17(16)24)31-10-19(26-11-31)15-4-5-15/h6-13,15H,4-5H2,1-3H3,(H,28,29,33). The topological polar surface area (TPSA) is 103 Å². The zero-order chi connectivity index (χ0) is 23.1. The molecule has 1 N–H and O–H groups in total. The van der Waals surface area contributed by atoms with E-state index in [-0.39, 0.29) is 17.4 Å². The van der Waals surface area contributed by atoms with Crippen molar-refractivity contribution in [3.05, 3.63) is 66.0 Å². The molecule has 3 heterocycles. The van der Waals surface area contributed by atoms with Crippen molar-refractivity contribution in [1.82, 2.24) is 34.3 Å². The molecule has 10 heteroatoms. The first-order valence-electron chi connectivity index (χ1n) is 10.8. The molecule has 5 rings (SSSR count). The van der Waals surface area contributed by atoms with Crippen LogP contribution in [0.4, 0.5) is 10.2 Å². The number of carbonyl (C=O) groups is 1. The summed E-state index contributed by atoms with van der Waals surface area (Å²) in [7, 11) is 0. The first kappa shape index (κ1) is 20.9. The molecule has 1 aliphatic rings. The maximum atomic E-state index is 14.7. The van der Waals surface area contributed by atoms with E-state index in [1.54, 1.807) is 25.8 Å². The second kappa shape index (κ2) is 8.19. The molecule has 9 nitrogen and oxygen atoms in total. The first-order chi connectivity index (χ1) is 15.9. The number of benzene rings is 1. The number of halogens is 1. The number of hydrogen-bond donors (Lipinski definition) is 1. The maximum Gasteiger partial charge on any atom is 0.259 e. The molecule has 33 heavy (non-hydrogen) atoms. The molecule has 0 radical (unpaired) electrons. The summed E-state index contributed by atoms with van der Waals surface area (Å²) in [4.78, 5) is 26.0. The van der Waals surface area contributed by atoms with Crippen LogP contribution in [-0.2, 0) is 0 Å². The van der Waals surface area contributed by atoms with Crippen LogP contribution in [0.25, 0.3) is 17.2 Å². The van der Waals surface area contributed by atoms with Crippen molar-refractivity contribution in [1.29, 1.82) is 0 Å². The number of nitrogens with one attached hydrogen (secondary N) is 1. The molecule has 0 spiro atoms. The van der Waals surface area contributed by atoms with Crippen LogP contribution in [0.2, 0.25) is 0 Å². The average Bonchev–Trinajstić information content (AvgIpc) is 3.31. The van der Waals surface area contributed by atoms with Gasteiger partial charge in [-0.05, 0) is 51.3 Å². The van der Waals surface area contributed by atoms with Gasteiger partial charge in [0.25, 0.3) is 5.91 Å². The summed E-state index contributed by atoms with van der Waals surface area (Å²) in [6, 6.07) is 3.01. The highest BCUT2D eigenvalue weighted by molar-refractivity contribution is 6.04. The minimum absolute atomic E-state index is 0.0881. The van der Waals surface area contributed by atoms with E-state index in [0.717, 1.165) is 18.5 Å². The molecule has 168 valence electrons. The third kappa shape index (κ3) is 4.11. The Balaban J connectivity index is 1.42. The van der Waals surface area contributed by atoms with Gasteiger partial charge in [-0.3, -0.25) is 9.78 Å². The van der Waals surface area contributed by atoms with Gasteiger partial charge in [-0.25, -0.2) is 14.4 Å². The lowest BCUT2D eigenvalue weighted by molar-refractivity contribution is 0.102. The lowest BCUT2D eigenvalue weighted by Crippen LogP contribution is -2.16. The smallest absolute Gasteiger partial charge is 0.259 e. The van der Waals surface area contributed by atoms with Crippen molar-refractivity contribution in [3.63, 3.8) is 0 Å². The maximum absolute atomic E-state index is 14.7. The zero-order valence-electron chi connectivity index (χ0n) is 18.5. The quantitative estimate of drug-likeness (QED) is 0.479. The number of aromatic nitrogens is 7. The molecule has 0 saturated heterocycles. The summed E-state index contributed by atoms with van der Waals surface area (Å²) >= 11 is 0. The molecule has 1 aliphatic carbocycles. The molecule has 0 atom stereocenters. The van der Waals surface area contributed by atoms with Crippen molar-refractivity contribution < 1.29 is 9.18 Å². The van der Waals surface area contributed by atoms with E-state index < -0.39 is 11.7 Å². The second-order valence-electron chi connectivity index (χ2n) is 8.50. The fourth-order valence-corrected chi connectivity index (χ4v) is 3.69. The monoisotopic (exact) mass is 446 g/mol. The Morgan fingerprint density at radius 1 is 1.21 bits per heavy atom. The van der Waals surface area contributed by atoms with Crippen LogP contribution in [0.3, 0.4) is 0 Å². The number of hydrogen-bond acceptors (Lipinski definition) is 6. The molecule has 0 aliphatic heterocycles. The molecule has 0 bridgehead atoms. The average molecular weight is 446 g/mol. The van der Waals surface area contributed by atoms with Gasteiger partial charge in [0, 0.05) is 18.2 Å². The Kier molecular flexibility index (Phi) is 5.20. The van der Waals surface area contributed by atoms with E-state index in [9.17, 15) is 9.18 Å². The minimum Gasteiger partial charge on any atom is -0.310 e. The van der Waals surface area contributed by atoms with Crippen molar-refractivity contribution >= 4 is 11.7 Å². The highest BCUT2D eigenvalue weighted by Gasteiger charge is 2.26. The fourth-order valence-electron chi connectivity index (χ4n) is 3.69. The van der Waals surface area contributed by atoms with Crippen LogP contribution in [0.15, 0.2) is 43.4 Å². The summed E-state index contributed by atoms with van der Waals surface area (Å²) in [5.41, 5.74) is 2.79. The number of imidazole rings is 1. The Hall–Kier alpha value is -3.95. The number of anilines is 1. The predicted molar refractivity (Wildman–Crippen MR) is 120 cm³/mol. The van der Waals surface area contributed by atoms with Gasteiger partial charge in [0.05, 0.1) is 35.7 Å². The lowest BCUT2D eigenvalue weighted by Gasteiger charge is -2.12. The normalized spacial score (nSPS) is 13.5. The molecule has 1 saturated carbocycles. The van der Waals surface area contributed by atoms with Crippen LogP contribution in [0.1, 0.15) is 60.3 Å². The SMILES string of the molecule is Cc1cc(F)c(C(=O)Nc2cncc(-c3nncn3C(C)C)n2)cc1-n1cnc(C2CC2)c1. The largest absolute Gasteiger partial charge is 0.310 e. The number of amides is 1. The zero-order valence-corrected chi connectivity index (χ0v) is 18.5. The van der Waals surface area contributed by atoms with Crippen LogP contribution >= 0.6 is 0 Å². The van der Waals surface area contributed by atoms with Gasteiger partial charge in [0.1, 0.15) is 17.8 Å². The van der Waals surface area contributed by atoms with Gasteiger partial charge in [-0.1, -0.05) is 0 Å². The van der Waals surface area contributed by atoms with Crippen molar-refractivity contribution in [3.8, 4) is 17.2 Å². The van der Waals surface area contributed by atoms with Crippen LogP contribution in [-0.4, -0.2) is 40.2 Å². The molecule has 0 unspecified atom stereocenters. The van der Waals surface area contributed by atoms with E-state index in [2.05, 4.69) is 30.5 Å². The molecule has 4 aromatic rings. The van der Waals surface area contributed by atoms with Crippen molar-refractivity contribution in [2.45, 2.75) is 45.6 Å². The van der Waals surface area contributed by atoms with E-state index >= 15 is 0 Å². The molecular formula is C23H23FN8O. The van der Waals surface area contributed by atoms with Gasteiger partial charge >= 0.3 is 0 Å². The summed E-state index contributed by atoms with van der Waals surface area (Å²) in [6.45, 7) is 5.80. The number of aryl methyl sites for hydroxylation is 1. The number of carbonyl (C=O) groups excluding carboxylic acids is 1. The van der Waals surface area contributed by atoms with E-state index in [4.69, 9.17) is 0 Å². The lowest BCUT2D eigenvalue weighted by atomic mass is 10.1. The third-order valence-corrected chi connectivity index (χ3v) is 5.64. The summed E-state index contributed by atoms with van der Waals surface area (Å²) < 4.78 is 18.4. The van der Waals surface area contributed by atoms with Gasteiger partial charge < -0.3 is 14.5 Å². The second-order valence-corrected chi connectivity index (χ2v) is 8.50. The number of nitrogens with zero attached hydrogens (tertiary/aromatic N) is 7. The molecular weight excluding hydrogens is 423 g/mol. The van der Waals surface area contributed by atoms with Gasteiger partial charge in [0.15, 0.2) is 11.6 Å². The highest BCUT2D eigenvalue weighted by Crippen LogP contribution is 2.39. The minimum atomic E-state index is -0.618. The Morgan fingerprint density at radius 2 is 2.03 bits per heavy atom. The molecule has 1 amide bonds. The first-order valence-corrected chi connectivity index (χ1v) is 10.8. The number of rotatable bonds is 6. The third-order valence-electron chi connectivity index (χ3n) is 5.64. The van der Waals surface area contributed by atoms with Crippen molar-refractivity contribution in [2.24, 2.45) is 0 Å². The molecule has 1 fully saturated rings. The van der Waals surface area contributed by atoms with Gasteiger partial charge in [-0.15, -0.1) is 10.2 Å². The van der Waals surface area contributed by atoms with Gasteiger partial charge in [0.2, 0.25) is 0 Å². The van der Waals surface area contributed by atoms with Crippen LogP contribution < -0.4 is 5.32 Å². The Bertz CT molecular complexity index is 1340. The summed E-state index contributed by atoms with van der Waals surface area (Å²) in [6.07, 6.45) is 10.5. The Labute approximate surface area is 189 Å². The van der Waals surface area contributed by atoms with Crippen LogP contribution in [0.5, 0.6) is 0 Å². The fraction of sp³-hybridized carbons (Fsp3) is 0.304. The predicted octanol–water partition coefficient (Wildman–Crippen LogP) is 4.08. The van der Waals surface area contributed by atoms with Gasteiger partial charge in [-0.2, -0.15) is 0 Å². The summed E-state index contributed by atoms with van der Waals surface area (Å²) in [5.74, 6) is -0.00456. The van der Waals surface area contributed by atoms with E-state index in [1.807, 2.05) is 29.2 Å². The van der Waals surface area contributed by atoms with Crippen molar-refractivity contribution in [2.75, 3.05) is 5.32 Å². The molecule has 1 aromatic carbocycles. The molecule has 3 aromatic heterocycles.